The minimum absolute atomic E-state index is 0.163. The van der Waals surface area contributed by atoms with E-state index in [1.54, 1.807) is 6.08 Å². The first kappa shape index (κ1) is 20.8. The van der Waals surface area contributed by atoms with Crippen LogP contribution < -0.4 is 0 Å². The molecular weight excluding hydrogens is 372 g/mol. The van der Waals surface area contributed by atoms with Gasteiger partial charge in [0.15, 0.2) is 11.2 Å². The van der Waals surface area contributed by atoms with Crippen LogP contribution in [0.25, 0.3) is 0 Å². The molecule has 2 saturated heterocycles. The van der Waals surface area contributed by atoms with Crippen molar-refractivity contribution in [1.82, 2.24) is 0 Å². The van der Waals surface area contributed by atoms with Crippen LogP contribution in [0.15, 0.2) is 36.5 Å². The summed E-state index contributed by atoms with van der Waals surface area (Å²) in [6, 6.07) is 0. The average Bonchev–Trinajstić information content (AvgIpc) is 3.28. The van der Waals surface area contributed by atoms with Crippen molar-refractivity contribution in [3.8, 4) is 0 Å². The number of hydrogen-bond donors (Lipinski definition) is 2. The molecule has 4 rings (SSSR count). The molecule has 6 unspecified atom stereocenters. The number of rotatable bonds is 2. The molecule has 0 aromatic rings. The first-order chi connectivity index (χ1) is 13.5. The number of epoxide rings is 1. The van der Waals surface area contributed by atoms with Crippen molar-refractivity contribution in [2.24, 2.45) is 11.3 Å². The van der Waals surface area contributed by atoms with Gasteiger partial charge in [0, 0.05) is 17.9 Å². The Balaban J connectivity index is 1.79. The summed E-state index contributed by atoms with van der Waals surface area (Å²) in [6.45, 7) is 13.7. The van der Waals surface area contributed by atoms with E-state index >= 15 is 0 Å². The minimum atomic E-state index is -1.65. The highest BCUT2D eigenvalue weighted by atomic mass is 16.8. The molecule has 6 heteroatoms. The summed E-state index contributed by atoms with van der Waals surface area (Å²) in [5, 5.41) is 22.2. The topological polar surface area (TPSA) is 88.5 Å². The summed E-state index contributed by atoms with van der Waals surface area (Å²) in [5.41, 5.74) is -0.433. The summed E-state index contributed by atoms with van der Waals surface area (Å²) in [7, 11) is 0. The number of carbonyl (C=O) groups is 1. The van der Waals surface area contributed by atoms with Gasteiger partial charge in [-0.05, 0) is 44.9 Å². The van der Waals surface area contributed by atoms with Gasteiger partial charge in [0.25, 0.3) is 0 Å². The first-order valence-corrected chi connectivity index (χ1v) is 10.5. The maximum absolute atomic E-state index is 11.9. The van der Waals surface area contributed by atoms with Crippen molar-refractivity contribution in [2.75, 3.05) is 0 Å². The van der Waals surface area contributed by atoms with Crippen molar-refractivity contribution < 1.29 is 29.2 Å². The van der Waals surface area contributed by atoms with Crippen LogP contribution in [0.5, 0.6) is 0 Å². The molecule has 0 radical (unpaired) electrons. The van der Waals surface area contributed by atoms with Crippen molar-refractivity contribution in [2.45, 2.75) is 88.7 Å². The Bertz CT molecular complexity index is 784. The van der Waals surface area contributed by atoms with Gasteiger partial charge >= 0.3 is 5.97 Å². The lowest BCUT2D eigenvalue weighted by molar-refractivity contribution is -0.309. The van der Waals surface area contributed by atoms with E-state index in [0.717, 1.165) is 36.5 Å². The number of esters is 1. The Hall–Kier alpha value is -1.47. The van der Waals surface area contributed by atoms with Gasteiger partial charge in [0.1, 0.15) is 0 Å². The highest BCUT2D eigenvalue weighted by Crippen LogP contribution is 2.77. The molecule has 0 amide bonds. The predicted octanol–water partition coefficient (Wildman–Crippen LogP) is 3.14. The minimum Gasteiger partial charge on any atom is -0.429 e. The molecule has 3 fully saturated rings. The normalized spacial score (nSPS) is 45.9. The molecule has 2 aliphatic carbocycles. The second-order valence-corrected chi connectivity index (χ2v) is 9.76. The smallest absolute Gasteiger partial charge is 0.332 e. The van der Waals surface area contributed by atoms with E-state index in [-0.39, 0.29) is 12.3 Å². The highest BCUT2D eigenvalue weighted by Gasteiger charge is 2.94. The van der Waals surface area contributed by atoms with Crippen molar-refractivity contribution in [3.05, 3.63) is 36.5 Å². The van der Waals surface area contributed by atoms with Gasteiger partial charge in [-0.15, -0.1) is 0 Å². The van der Waals surface area contributed by atoms with Crippen LogP contribution in [-0.4, -0.2) is 45.6 Å². The second kappa shape index (κ2) is 6.51. The Morgan fingerprint density at radius 3 is 2.79 bits per heavy atom. The van der Waals surface area contributed by atoms with Gasteiger partial charge in [0.2, 0.25) is 12.1 Å². The molecular formula is C23H32O6. The molecule has 1 saturated carbocycles. The van der Waals surface area contributed by atoms with E-state index in [4.69, 9.17) is 14.2 Å². The number of ether oxygens (including phenoxy) is 3. The van der Waals surface area contributed by atoms with Gasteiger partial charge < -0.3 is 24.4 Å². The standard InChI is InChI=1S/C23H32O6/c1-6-18(25)27-19-21-10-9-16-8-7-14(2)11-17(24)12-15(3)13-22(26,28-19)23(21,29-21)20(16,4)5/h6,12,16-17,19,24,26H,1-2,7-11,13H2,3-5H3. The molecule has 6 atom stereocenters. The Labute approximate surface area is 172 Å². The lowest BCUT2D eigenvalue weighted by atomic mass is 9.54. The fourth-order valence-corrected chi connectivity index (χ4v) is 6.33. The zero-order chi connectivity index (χ0) is 21.2. The molecule has 6 nitrogen and oxygen atoms in total. The largest absolute Gasteiger partial charge is 0.429 e. The summed E-state index contributed by atoms with van der Waals surface area (Å²) < 4.78 is 18.0. The number of aliphatic hydroxyl groups is 2. The molecule has 1 spiro atoms. The maximum atomic E-state index is 11.9. The van der Waals surface area contributed by atoms with E-state index in [1.807, 2.05) is 6.92 Å². The first-order valence-electron chi connectivity index (χ1n) is 10.5. The molecule has 0 aromatic heterocycles. The SMILES string of the molecule is C=CC(=O)OC1OC2(O)CC(C)=CC(O)CC(=C)CCC3CCC14OC24C3(C)C. The zero-order valence-corrected chi connectivity index (χ0v) is 17.6. The lowest BCUT2D eigenvalue weighted by Crippen LogP contribution is -2.59. The third-order valence-corrected chi connectivity index (χ3v) is 7.64. The van der Waals surface area contributed by atoms with Crippen LogP contribution in [0.1, 0.15) is 59.3 Å². The fraction of sp³-hybridized carbons (Fsp3) is 0.696. The Kier molecular flexibility index (Phi) is 4.67. The van der Waals surface area contributed by atoms with Gasteiger partial charge in [-0.3, -0.25) is 0 Å². The number of carbonyl (C=O) groups excluding carboxylic acids is 1. The Morgan fingerprint density at radius 2 is 2.10 bits per heavy atom. The summed E-state index contributed by atoms with van der Waals surface area (Å²) in [5.74, 6) is -1.98. The Morgan fingerprint density at radius 1 is 1.38 bits per heavy atom. The quantitative estimate of drug-likeness (QED) is 0.318. The van der Waals surface area contributed by atoms with E-state index in [9.17, 15) is 15.0 Å². The number of fused-ring (bicyclic) bond motifs is 1. The fourth-order valence-electron chi connectivity index (χ4n) is 6.33. The molecule has 0 aromatic carbocycles. The van der Waals surface area contributed by atoms with Crippen LogP contribution >= 0.6 is 0 Å². The molecule has 2 aliphatic heterocycles. The van der Waals surface area contributed by atoms with Crippen LogP contribution in [0.4, 0.5) is 0 Å². The van der Waals surface area contributed by atoms with Crippen molar-refractivity contribution >= 4 is 5.97 Å². The zero-order valence-electron chi connectivity index (χ0n) is 17.6. The predicted molar refractivity (Wildman–Crippen MR) is 107 cm³/mol. The molecule has 2 bridgehead atoms. The third-order valence-electron chi connectivity index (χ3n) is 7.64. The number of aliphatic hydroxyl groups excluding tert-OH is 1. The average molecular weight is 405 g/mol. The monoisotopic (exact) mass is 404 g/mol. The molecule has 29 heavy (non-hydrogen) atoms. The third kappa shape index (κ3) is 2.73. The summed E-state index contributed by atoms with van der Waals surface area (Å²) >= 11 is 0. The van der Waals surface area contributed by atoms with Crippen LogP contribution in [0.3, 0.4) is 0 Å². The summed E-state index contributed by atoms with van der Waals surface area (Å²) in [6.07, 6.45) is 5.10. The highest BCUT2D eigenvalue weighted by molar-refractivity contribution is 5.81. The summed E-state index contributed by atoms with van der Waals surface area (Å²) in [4.78, 5) is 11.9. The number of hydrogen-bond acceptors (Lipinski definition) is 6. The van der Waals surface area contributed by atoms with E-state index in [0.29, 0.717) is 12.8 Å². The van der Waals surface area contributed by atoms with Crippen molar-refractivity contribution in [1.29, 1.82) is 0 Å². The van der Waals surface area contributed by atoms with Gasteiger partial charge in [0.05, 0.1) is 6.10 Å². The van der Waals surface area contributed by atoms with E-state index in [1.165, 1.54) is 0 Å². The lowest BCUT2D eigenvalue weighted by Gasteiger charge is -2.47. The van der Waals surface area contributed by atoms with Gasteiger partial charge in [-0.2, -0.15) is 0 Å². The molecule has 160 valence electrons. The second-order valence-electron chi connectivity index (χ2n) is 9.76. The van der Waals surface area contributed by atoms with E-state index < -0.39 is 40.8 Å². The molecule has 4 aliphatic rings. The molecule has 2 heterocycles. The molecule has 2 N–H and O–H groups in total. The van der Waals surface area contributed by atoms with Gasteiger partial charge in [-0.25, -0.2) is 4.79 Å². The van der Waals surface area contributed by atoms with Crippen molar-refractivity contribution in [3.63, 3.8) is 0 Å². The van der Waals surface area contributed by atoms with Crippen LogP contribution in [0.2, 0.25) is 0 Å². The van der Waals surface area contributed by atoms with Gasteiger partial charge in [-0.1, -0.05) is 44.2 Å². The van der Waals surface area contributed by atoms with Crippen LogP contribution in [0, 0.1) is 11.3 Å². The van der Waals surface area contributed by atoms with Crippen LogP contribution in [-0.2, 0) is 19.0 Å². The van der Waals surface area contributed by atoms with E-state index in [2.05, 4.69) is 27.0 Å². The maximum Gasteiger partial charge on any atom is 0.332 e.